The number of hydrogen-bond acceptors (Lipinski definition) is 0. The van der Waals surface area contributed by atoms with Crippen LogP contribution >= 0.6 is 20.1 Å². The van der Waals surface area contributed by atoms with Gasteiger partial charge in [0, 0.05) is 0 Å². The summed E-state index contributed by atoms with van der Waals surface area (Å²) in [6, 6.07) is 18.0. The fraction of sp³-hybridized carbons (Fsp3) is 0.143. The summed E-state index contributed by atoms with van der Waals surface area (Å²) in [5, 5.41) is 0. The molecule has 2 aromatic carbocycles. The monoisotopic (exact) mass is 384 g/mol. The van der Waals surface area contributed by atoms with Crippen LogP contribution in [0.5, 0.6) is 0 Å². The van der Waals surface area contributed by atoms with Gasteiger partial charge in [0.05, 0.1) is 0 Å². The summed E-state index contributed by atoms with van der Waals surface area (Å²) in [6.07, 6.45) is 0. The topological polar surface area (TPSA) is 0 Å². The van der Waals surface area contributed by atoms with E-state index in [1.807, 2.05) is 0 Å². The van der Waals surface area contributed by atoms with Crippen LogP contribution in [0, 0.1) is 13.8 Å². The third kappa shape index (κ3) is 2.89. The number of rotatable bonds is 2. The fourth-order valence-electron chi connectivity index (χ4n) is 1.50. The standard InChI is InChI=1S/C14H14AsI/c1-11-3-7-13(8-4-11)15(16)14-9-5-12(2)6-10-14/h3-10H,1-2H3. The van der Waals surface area contributed by atoms with Crippen molar-refractivity contribution in [3.05, 3.63) is 59.7 Å². The van der Waals surface area contributed by atoms with Crippen molar-refractivity contribution < 1.29 is 0 Å². The molecule has 0 atom stereocenters. The van der Waals surface area contributed by atoms with Crippen LogP contribution in [0.2, 0.25) is 0 Å². The van der Waals surface area contributed by atoms with Crippen molar-refractivity contribution in [2.24, 2.45) is 0 Å². The molecule has 0 fully saturated rings. The van der Waals surface area contributed by atoms with E-state index >= 15 is 0 Å². The molecule has 2 aromatic rings. The van der Waals surface area contributed by atoms with Crippen molar-refractivity contribution in [1.82, 2.24) is 0 Å². The Morgan fingerprint density at radius 2 is 1.00 bits per heavy atom. The molecule has 2 rings (SSSR count). The van der Waals surface area contributed by atoms with Gasteiger partial charge in [-0.25, -0.2) is 0 Å². The second-order valence-electron chi connectivity index (χ2n) is 3.95. The number of aryl methyl sites for hydroxylation is 2. The van der Waals surface area contributed by atoms with Crippen LogP contribution in [0.15, 0.2) is 48.5 Å². The summed E-state index contributed by atoms with van der Waals surface area (Å²) < 4.78 is 3.03. The van der Waals surface area contributed by atoms with Crippen LogP contribution in [-0.4, -0.2) is 11.3 Å². The van der Waals surface area contributed by atoms with Crippen LogP contribution < -0.4 is 8.70 Å². The minimum absolute atomic E-state index is 1.06. The molecule has 0 unspecified atom stereocenters. The molecular weight excluding hydrogens is 370 g/mol. The zero-order chi connectivity index (χ0) is 11.5. The van der Waals surface area contributed by atoms with Gasteiger partial charge in [-0.2, -0.15) is 0 Å². The third-order valence-electron chi connectivity index (χ3n) is 2.52. The summed E-state index contributed by atoms with van der Waals surface area (Å²) in [5.74, 6) is 0. The Morgan fingerprint density at radius 1 is 0.688 bits per heavy atom. The first-order valence-electron chi connectivity index (χ1n) is 5.26. The van der Waals surface area contributed by atoms with Crippen molar-refractivity contribution in [2.45, 2.75) is 13.8 Å². The van der Waals surface area contributed by atoms with E-state index in [9.17, 15) is 0 Å². The predicted molar refractivity (Wildman–Crippen MR) is 81.4 cm³/mol. The van der Waals surface area contributed by atoms with Gasteiger partial charge in [-0.3, -0.25) is 0 Å². The second kappa shape index (κ2) is 5.37. The fourth-order valence-corrected chi connectivity index (χ4v) is 7.19. The Bertz CT molecular complexity index is 414. The van der Waals surface area contributed by atoms with E-state index in [4.69, 9.17) is 0 Å². The van der Waals surface area contributed by atoms with E-state index in [2.05, 4.69) is 82.5 Å². The first kappa shape index (κ1) is 12.2. The molecule has 0 nitrogen and oxygen atoms in total. The molecule has 0 heterocycles. The molecule has 2 heteroatoms. The SMILES string of the molecule is Cc1ccc([As](I)c2ccc(C)cc2)cc1. The van der Waals surface area contributed by atoms with Gasteiger partial charge < -0.3 is 0 Å². The maximum atomic E-state index is 2.64. The van der Waals surface area contributed by atoms with Crippen molar-refractivity contribution in [3.63, 3.8) is 0 Å². The minimum atomic E-state index is -1.06. The normalized spacial score (nSPS) is 10.8. The number of hydrogen-bond donors (Lipinski definition) is 0. The molecule has 0 aromatic heterocycles. The molecule has 0 saturated carbocycles. The summed E-state index contributed by atoms with van der Waals surface area (Å²) in [5.41, 5.74) is 2.68. The summed E-state index contributed by atoms with van der Waals surface area (Å²) >= 11 is 1.58. The van der Waals surface area contributed by atoms with Crippen molar-refractivity contribution in [3.8, 4) is 0 Å². The maximum absolute atomic E-state index is 2.64. The van der Waals surface area contributed by atoms with Gasteiger partial charge >= 0.3 is 114 Å². The molecule has 16 heavy (non-hydrogen) atoms. The molecule has 0 aliphatic heterocycles. The molecule has 0 amide bonds. The Kier molecular flexibility index (Phi) is 4.09. The molecule has 0 saturated heterocycles. The molecule has 0 N–H and O–H groups in total. The molecule has 0 bridgehead atoms. The Balaban J connectivity index is 2.28. The molecular formula is C14H14AsI. The van der Waals surface area contributed by atoms with E-state index in [1.165, 1.54) is 19.8 Å². The predicted octanol–water partition coefficient (Wildman–Crippen LogP) is 2.84. The summed E-state index contributed by atoms with van der Waals surface area (Å²) in [6.45, 7) is 4.28. The van der Waals surface area contributed by atoms with Gasteiger partial charge in [0.25, 0.3) is 0 Å². The quantitative estimate of drug-likeness (QED) is 0.552. The van der Waals surface area contributed by atoms with Gasteiger partial charge in [0.15, 0.2) is 0 Å². The van der Waals surface area contributed by atoms with E-state index in [0.29, 0.717) is 0 Å². The zero-order valence-corrected chi connectivity index (χ0v) is 13.5. The molecule has 82 valence electrons. The van der Waals surface area contributed by atoms with Gasteiger partial charge in [-0.1, -0.05) is 0 Å². The van der Waals surface area contributed by atoms with Gasteiger partial charge in [-0.15, -0.1) is 0 Å². The number of halogens is 1. The van der Waals surface area contributed by atoms with Crippen LogP contribution in [0.3, 0.4) is 0 Å². The summed E-state index contributed by atoms with van der Waals surface area (Å²) in [7, 11) is 0. The van der Waals surface area contributed by atoms with Gasteiger partial charge in [0.2, 0.25) is 0 Å². The summed E-state index contributed by atoms with van der Waals surface area (Å²) in [4.78, 5) is 0. The second-order valence-corrected chi connectivity index (χ2v) is 12.3. The van der Waals surface area contributed by atoms with Crippen molar-refractivity contribution in [1.29, 1.82) is 0 Å². The van der Waals surface area contributed by atoms with Gasteiger partial charge in [0.1, 0.15) is 0 Å². The molecule has 0 aliphatic carbocycles. The van der Waals surface area contributed by atoms with Crippen LogP contribution in [-0.2, 0) is 0 Å². The van der Waals surface area contributed by atoms with Crippen LogP contribution in [0.1, 0.15) is 11.1 Å². The first-order chi connectivity index (χ1) is 7.66. The van der Waals surface area contributed by atoms with E-state index in [-0.39, 0.29) is 0 Å². The Hall–Kier alpha value is -0.272. The van der Waals surface area contributed by atoms with E-state index in [1.54, 1.807) is 0 Å². The van der Waals surface area contributed by atoms with Crippen molar-refractivity contribution in [2.75, 3.05) is 0 Å². The van der Waals surface area contributed by atoms with Gasteiger partial charge in [-0.05, 0) is 0 Å². The van der Waals surface area contributed by atoms with E-state index < -0.39 is 11.3 Å². The zero-order valence-electron chi connectivity index (χ0n) is 9.44. The van der Waals surface area contributed by atoms with Crippen molar-refractivity contribution >= 4 is 40.1 Å². The van der Waals surface area contributed by atoms with E-state index in [0.717, 1.165) is 0 Å². The first-order valence-corrected chi connectivity index (χ1v) is 12.9. The Labute approximate surface area is 113 Å². The van der Waals surface area contributed by atoms with Crippen LogP contribution in [0.25, 0.3) is 0 Å². The van der Waals surface area contributed by atoms with Crippen LogP contribution in [0.4, 0.5) is 0 Å². The molecule has 0 aliphatic rings. The Morgan fingerprint density at radius 3 is 1.31 bits per heavy atom. The average Bonchev–Trinajstić information content (AvgIpc) is 2.30. The number of benzene rings is 2. The molecule has 0 spiro atoms. The average molecular weight is 384 g/mol. The third-order valence-corrected chi connectivity index (χ3v) is 11.5. The molecule has 0 radical (unpaired) electrons.